The highest BCUT2D eigenvalue weighted by atomic mass is 35.5. The van der Waals surface area contributed by atoms with Crippen LogP contribution in [0.2, 0.25) is 5.02 Å². The molecule has 0 bridgehead atoms. The predicted molar refractivity (Wildman–Crippen MR) is 69.0 cm³/mol. The van der Waals surface area contributed by atoms with Crippen molar-refractivity contribution in [3.8, 4) is 0 Å². The maximum absolute atomic E-state index is 11.9. The molecule has 94 valence electrons. The molecule has 0 radical (unpaired) electrons. The molecule has 0 aliphatic carbocycles. The summed E-state index contributed by atoms with van der Waals surface area (Å²) in [5.74, 6) is -0.0634. The third kappa shape index (κ3) is 4.36. The van der Waals surface area contributed by atoms with Gasteiger partial charge in [-0.3, -0.25) is 4.79 Å². The lowest BCUT2D eigenvalue weighted by Gasteiger charge is -2.23. The Bertz CT molecular complexity index is 391. The normalized spacial score (nSPS) is 11.3. The van der Waals surface area contributed by atoms with Gasteiger partial charge in [-0.15, -0.1) is 0 Å². The number of rotatable bonds is 5. The van der Waals surface area contributed by atoms with Crippen molar-refractivity contribution in [1.29, 1.82) is 0 Å². The van der Waals surface area contributed by atoms with Crippen molar-refractivity contribution in [2.45, 2.75) is 20.3 Å². The van der Waals surface area contributed by atoms with Gasteiger partial charge in [-0.2, -0.15) is 0 Å². The van der Waals surface area contributed by atoms with E-state index in [1.165, 1.54) is 0 Å². The fourth-order valence-electron chi connectivity index (χ4n) is 1.65. The van der Waals surface area contributed by atoms with Gasteiger partial charge in [-0.25, -0.2) is 0 Å². The molecule has 17 heavy (non-hydrogen) atoms. The summed E-state index contributed by atoms with van der Waals surface area (Å²) in [6.45, 7) is 4.00. The molecule has 0 fully saturated rings. The van der Waals surface area contributed by atoms with E-state index >= 15 is 0 Å². The van der Waals surface area contributed by atoms with Crippen molar-refractivity contribution in [2.24, 2.45) is 5.41 Å². The minimum Gasteiger partial charge on any atom is -0.395 e. The summed E-state index contributed by atoms with van der Waals surface area (Å²) in [5.41, 5.74) is 0.515. The standard InChI is InChI=1S/C13H18ClNO2/c1-13(2,12(17)15-6-7-16)9-10-4-3-5-11(14)8-10/h3-5,8,16H,6-7,9H2,1-2H3,(H,15,17). The van der Waals surface area contributed by atoms with Crippen molar-refractivity contribution in [2.75, 3.05) is 13.2 Å². The minimum absolute atomic E-state index is 0.0427. The van der Waals surface area contributed by atoms with Crippen LogP contribution in [0.3, 0.4) is 0 Å². The van der Waals surface area contributed by atoms with Crippen LogP contribution in [0.1, 0.15) is 19.4 Å². The average Bonchev–Trinajstić information content (AvgIpc) is 2.25. The smallest absolute Gasteiger partial charge is 0.226 e. The van der Waals surface area contributed by atoms with Crippen molar-refractivity contribution in [3.05, 3.63) is 34.9 Å². The fraction of sp³-hybridized carbons (Fsp3) is 0.462. The first kappa shape index (κ1) is 14.0. The predicted octanol–water partition coefficient (Wildman–Crippen LogP) is 2.02. The van der Waals surface area contributed by atoms with Crippen LogP contribution in [-0.2, 0) is 11.2 Å². The molecule has 0 saturated carbocycles. The van der Waals surface area contributed by atoms with Crippen molar-refractivity contribution in [1.82, 2.24) is 5.32 Å². The van der Waals surface area contributed by atoms with E-state index in [9.17, 15) is 4.79 Å². The molecule has 1 rings (SSSR count). The zero-order valence-corrected chi connectivity index (χ0v) is 10.9. The van der Waals surface area contributed by atoms with Gasteiger partial charge in [-0.1, -0.05) is 37.6 Å². The Morgan fingerprint density at radius 1 is 1.47 bits per heavy atom. The quantitative estimate of drug-likeness (QED) is 0.846. The highest BCUT2D eigenvalue weighted by Gasteiger charge is 2.27. The van der Waals surface area contributed by atoms with E-state index < -0.39 is 5.41 Å². The summed E-state index contributed by atoms with van der Waals surface area (Å²) in [7, 11) is 0. The molecule has 0 aliphatic heterocycles. The zero-order chi connectivity index (χ0) is 12.9. The number of halogens is 1. The molecule has 0 spiro atoms. The monoisotopic (exact) mass is 255 g/mol. The molecule has 1 aromatic rings. The Morgan fingerprint density at radius 2 is 2.18 bits per heavy atom. The van der Waals surface area contributed by atoms with Crippen LogP contribution in [0.15, 0.2) is 24.3 Å². The van der Waals surface area contributed by atoms with Gasteiger partial charge in [0.05, 0.1) is 6.61 Å². The first-order chi connectivity index (χ1) is 7.95. The largest absolute Gasteiger partial charge is 0.395 e. The molecule has 0 aliphatic rings. The number of carbonyl (C=O) groups is 1. The maximum Gasteiger partial charge on any atom is 0.226 e. The second-order valence-corrected chi connectivity index (χ2v) is 5.11. The molecule has 0 saturated heterocycles. The van der Waals surface area contributed by atoms with Crippen LogP contribution in [0, 0.1) is 5.41 Å². The van der Waals surface area contributed by atoms with E-state index in [1.807, 2.05) is 38.1 Å². The number of hydrogen-bond donors (Lipinski definition) is 2. The zero-order valence-electron chi connectivity index (χ0n) is 10.2. The Kier molecular flexibility index (Phi) is 4.97. The Labute approximate surface area is 107 Å². The first-order valence-electron chi connectivity index (χ1n) is 5.59. The molecule has 4 heteroatoms. The van der Waals surface area contributed by atoms with Gasteiger partial charge >= 0.3 is 0 Å². The van der Waals surface area contributed by atoms with E-state index in [0.29, 0.717) is 11.4 Å². The number of amides is 1. The highest BCUT2D eigenvalue weighted by Crippen LogP contribution is 2.23. The van der Waals surface area contributed by atoms with E-state index in [-0.39, 0.29) is 19.1 Å². The van der Waals surface area contributed by atoms with Crippen molar-refractivity contribution >= 4 is 17.5 Å². The molecular formula is C13H18ClNO2. The fourth-order valence-corrected chi connectivity index (χ4v) is 1.86. The molecule has 0 aromatic heterocycles. The lowest BCUT2D eigenvalue weighted by Crippen LogP contribution is -2.39. The Morgan fingerprint density at radius 3 is 2.76 bits per heavy atom. The Hall–Kier alpha value is -1.06. The average molecular weight is 256 g/mol. The summed E-state index contributed by atoms with van der Waals surface area (Å²) in [5, 5.41) is 12.0. The van der Waals surface area contributed by atoms with Crippen molar-refractivity contribution in [3.63, 3.8) is 0 Å². The summed E-state index contributed by atoms with van der Waals surface area (Å²) in [6.07, 6.45) is 0.616. The summed E-state index contributed by atoms with van der Waals surface area (Å²) >= 11 is 5.90. The number of carbonyl (C=O) groups excluding carboxylic acids is 1. The minimum atomic E-state index is -0.514. The lowest BCUT2D eigenvalue weighted by atomic mass is 9.85. The van der Waals surface area contributed by atoms with Gasteiger partial charge in [0, 0.05) is 17.0 Å². The van der Waals surface area contributed by atoms with E-state index in [0.717, 1.165) is 5.56 Å². The second-order valence-electron chi connectivity index (χ2n) is 4.67. The second kappa shape index (κ2) is 6.03. The van der Waals surface area contributed by atoms with Gasteiger partial charge in [0.2, 0.25) is 5.91 Å². The number of aliphatic hydroxyl groups is 1. The number of nitrogens with one attached hydrogen (secondary N) is 1. The van der Waals surface area contributed by atoms with Crippen LogP contribution in [0.5, 0.6) is 0 Å². The number of benzene rings is 1. The van der Waals surface area contributed by atoms with Crippen LogP contribution < -0.4 is 5.32 Å². The molecule has 2 N–H and O–H groups in total. The van der Waals surface area contributed by atoms with Crippen molar-refractivity contribution < 1.29 is 9.90 Å². The van der Waals surface area contributed by atoms with Gasteiger partial charge in [0.25, 0.3) is 0 Å². The molecule has 1 aromatic carbocycles. The van der Waals surface area contributed by atoms with Crippen LogP contribution >= 0.6 is 11.6 Å². The maximum atomic E-state index is 11.9. The number of aliphatic hydroxyl groups excluding tert-OH is 1. The van der Waals surface area contributed by atoms with Crippen LogP contribution in [-0.4, -0.2) is 24.2 Å². The first-order valence-corrected chi connectivity index (χ1v) is 5.97. The van der Waals surface area contributed by atoms with E-state index in [4.69, 9.17) is 16.7 Å². The summed E-state index contributed by atoms with van der Waals surface area (Å²) in [6, 6.07) is 7.50. The summed E-state index contributed by atoms with van der Waals surface area (Å²) < 4.78 is 0. The highest BCUT2D eigenvalue weighted by molar-refractivity contribution is 6.30. The van der Waals surface area contributed by atoms with Gasteiger partial charge in [0.15, 0.2) is 0 Å². The van der Waals surface area contributed by atoms with Gasteiger partial charge in [0.1, 0.15) is 0 Å². The molecule has 3 nitrogen and oxygen atoms in total. The van der Waals surface area contributed by atoms with Gasteiger partial charge < -0.3 is 10.4 Å². The SMILES string of the molecule is CC(C)(Cc1cccc(Cl)c1)C(=O)NCCO. The third-order valence-corrected chi connectivity index (χ3v) is 2.78. The molecule has 0 unspecified atom stereocenters. The topological polar surface area (TPSA) is 49.3 Å². The lowest BCUT2D eigenvalue weighted by molar-refractivity contribution is -0.129. The third-order valence-electron chi connectivity index (χ3n) is 2.55. The molecular weight excluding hydrogens is 238 g/mol. The molecule has 0 atom stereocenters. The molecule has 1 amide bonds. The molecule has 0 heterocycles. The van der Waals surface area contributed by atoms with E-state index in [2.05, 4.69) is 5.32 Å². The summed E-state index contributed by atoms with van der Waals surface area (Å²) in [4.78, 5) is 11.9. The van der Waals surface area contributed by atoms with Crippen LogP contribution in [0.25, 0.3) is 0 Å². The van der Waals surface area contributed by atoms with E-state index in [1.54, 1.807) is 0 Å². The Balaban J connectivity index is 2.68. The van der Waals surface area contributed by atoms with Crippen LogP contribution in [0.4, 0.5) is 0 Å². The van der Waals surface area contributed by atoms with Gasteiger partial charge in [-0.05, 0) is 24.1 Å². The number of hydrogen-bond acceptors (Lipinski definition) is 2.